The summed E-state index contributed by atoms with van der Waals surface area (Å²) in [5.74, 6) is 0.312. The van der Waals surface area contributed by atoms with Crippen LogP contribution in [0.5, 0.6) is 11.5 Å². The highest BCUT2D eigenvalue weighted by Gasteiger charge is 2.07. The minimum Gasteiger partial charge on any atom is -0.503 e. The molecule has 0 amide bonds. The Labute approximate surface area is 164 Å². The Kier molecular flexibility index (Phi) is 4.86. The average Bonchev–Trinajstić information content (AvgIpc) is 3.17. The molecule has 9 heteroatoms. The van der Waals surface area contributed by atoms with Crippen molar-refractivity contribution in [1.82, 2.24) is 19.6 Å². The van der Waals surface area contributed by atoms with Crippen LogP contribution in [0.15, 0.2) is 62.8 Å². The monoisotopic (exact) mass is 394 g/mol. The third kappa shape index (κ3) is 4.03. The van der Waals surface area contributed by atoms with Crippen LogP contribution in [0, 0.1) is 6.92 Å². The molecule has 0 spiro atoms. The first kappa shape index (κ1) is 18.5. The van der Waals surface area contributed by atoms with E-state index in [0.717, 1.165) is 5.39 Å². The van der Waals surface area contributed by atoms with Gasteiger partial charge in [-0.1, -0.05) is 5.21 Å². The number of pyridine rings is 1. The van der Waals surface area contributed by atoms with Gasteiger partial charge in [0.2, 0.25) is 5.43 Å². The molecular weight excluding hydrogens is 376 g/mol. The number of rotatable bonds is 6. The predicted octanol–water partition coefficient (Wildman–Crippen LogP) is 1.84. The molecule has 0 aliphatic rings. The first-order valence-electron chi connectivity index (χ1n) is 8.94. The zero-order valence-electron chi connectivity index (χ0n) is 15.6. The maximum Gasteiger partial charge on any atom is 0.336 e. The number of aromatic hydroxyl groups is 1. The van der Waals surface area contributed by atoms with Crippen molar-refractivity contribution in [2.45, 2.75) is 26.6 Å². The van der Waals surface area contributed by atoms with Crippen molar-refractivity contribution in [3.05, 3.63) is 80.8 Å². The van der Waals surface area contributed by atoms with Gasteiger partial charge in [0.05, 0.1) is 18.4 Å². The largest absolute Gasteiger partial charge is 0.503 e. The van der Waals surface area contributed by atoms with Crippen molar-refractivity contribution >= 4 is 11.0 Å². The van der Waals surface area contributed by atoms with E-state index >= 15 is 0 Å². The van der Waals surface area contributed by atoms with Crippen LogP contribution in [-0.2, 0) is 19.7 Å². The Bertz CT molecular complexity index is 1290. The maximum absolute atomic E-state index is 11.4. The van der Waals surface area contributed by atoms with Crippen LogP contribution in [0.25, 0.3) is 11.0 Å². The van der Waals surface area contributed by atoms with Crippen molar-refractivity contribution in [2.75, 3.05) is 0 Å². The molecule has 4 rings (SSSR count). The molecule has 1 N–H and O–H groups in total. The molecule has 0 aliphatic carbocycles. The minimum atomic E-state index is -0.413. The molecule has 1 aromatic carbocycles. The van der Waals surface area contributed by atoms with Gasteiger partial charge in [-0.25, -0.2) is 4.79 Å². The number of aryl methyl sites for hydroxylation is 2. The standard InChI is InChI=1S/C20H18N4O5/c1-13-20(27)17(25)6-7-23(13)8-9-24-11-15(21-22-24)12-28-16-4-2-14-3-5-19(26)29-18(14)10-16/h2-7,10-11,27H,8-9,12H2,1H3. The Hall–Kier alpha value is -3.88. The fourth-order valence-electron chi connectivity index (χ4n) is 2.92. The van der Waals surface area contributed by atoms with Crippen LogP contribution in [-0.4, -0.2) is 24.7 Å². The van der Waals surface area contributed by atoms with Crippen LogP contribution >= 0.6 is 0 Å². The number of fused-ring (bicyclic) bond motifs is 1. The van der Waals surface area contributed by atoms with Gasteiger partial charge in [-0.05, 0) is 25.1 Å². The highest BCUT2D eigenvalue weighted by atomic mass is 16.5. The van der Waals surface area contributed by atoms with E-state index < -0.39 is 11.1 Å². The summed E-state index contributed by atoms with van der Waals surface area (Å²) in [5, 5.41) is 18.7. The smallest absolute Gasteiger partial charge is 0.336 e. The Balaban J connectivity index is 1.39. The second-order valence-electron chi connectivity index (χ2n) is 6.52. The Morgan fingerprint density at radius 2 is 1.97 bits per heavy atom. The summed E-state index contributed by atoms with van der Waals surface area (Å²) in [6.45, 7) is 2.92. The van der Waals surface area contributed by atoms with Crippen molar-refractivity contribution in [2.24, 2.45) is 0 Å². The topological polar surface area (TPSA) is 112 Å². The molecule has 0 radical (unpaired) electrons. The van der Waals surface area contributed by atoms with Crippen molar-refractivity contribution in [3.8, 4) is 11.5 Å². The molecule has 0 fully saturated rings. The Morgan fingerprint density at radius 3 is 2.83 bits per heavy atom. The van der Waals surface area contributed by atoms with Crippen LogP contribution in [0.3, 0.4) is 0 Å². The number of hydrogen-bond donors (Lipinski definition) is 1. The van der Waals surface area contributed by atoms with Gasteiger partial charge in [-0.15, -0.1) is 5.10 Å². The molecule has 29 heavy (non-hydrogen) atoms. The lowest BCUT2D eigenvalue weighted by Crippen LogP contribution is -2.14. The van der Waals surface area contributed by atoms with E-state index in [0.29, 0.717) is 35.8 Å². The molecule has 0 saturated heterocycles. The third-order valence-electron chi connectivity index (χ3n) is 4.55. The van der Waals surface area contributed by atoms with Gasteiger partial charge in [-0.3, -0.25) is 9.48 Å². The quantitative estimate of drug-likeness (QED) is 0.497. The normalized spacial score (nSPS) is 11.1. The molecule has 0 saturated carbocycles. The fraction of sp³-hybridized carbons (Fsp3) is 0.200. The second-order valence-corrected chi connectivity index (χ2v) is 6.52. The van der Waals surface area contributed by atoms with E-state index in [1.165, 1.54) is 12.1 Å². The molecule has 0 aliphatic heterocycles. The van der Waals surface area contributed by atoms with Gasteiger partial charge >= 0.3 is 5.63 Å². The number of ether oxygens (including phenoxy) is 1. The van der Waals surface area contributed by atoms with E-state index in [2.05, 4.69) is 10.3 Å². The summed E-state index contributed by atoms with van der Waals surface area (Å²) in [6, 6.07) is 9.66. The number of benzene rings is 1. The van der Waals surface area contributed by atoms with Gasteiger partial charge < -0.3 is 18.8 Å². The van der Waals surface area contributed by atoms with Crippen molar-refractivity contribution in [1.29, 1.82) is 0 Å². The van der Waals surface area contributed by atoms with Gasteiger partial charge in [-0.2, -0.15) is 0 Å². The summed E-state index contributed by atoms with van der Waals surface area (Å²) in [5.41, 5.74) is 0.789. The lowest BCUT2D eigenvalue weighted by Gasteiger charge is -2.10. The lowest BCUT2D eigenvalue weighted by molar-refractivity contribution is 0.301. The van der Waals surface area contributed by atoms with Crippen LogP contribution in [0.4, 0.5) is 0 Å². The lowest BCUT2D eigenvalue weighted by atomic mass is 10.2. The molecule has 3 aromatic heterocycles. The summed E-state index contributed by atoms with van der Waals surface area (Å²) >= 11 is 0. The van der Waals surface area contributed by atoms with Crippen LogP contribution in [0.1, 0.15) is 11.4 Å². The second kappa shape index (κ2) is 7.63. The van der Waals surface area contributed by atoms with E-state index in [9.17, 15) is 14.7 Å². The van der Waals surface area contributed by atoms with Crippen molar-refractivity contribution in [3.63, 3.8) is 0 Å². The number of hydrogen-bond acceptors (Lipinski definition) is 7. The number of nitrogens with zero attached hydrogens (tertiary/aromatic N) is 4. The van der Waals surface area contributed by atoms with Gasteiger partial charge in [0.1, 0.15) is 23.6 Å². The molecule has 9 nitrogen and oxygen atoms in total. The highest BCUT2D eigenvalue weighted by Crippen LogP contribution is 2.20. The molecule has 148 valence electrons. The van der Waals surface area contributed by atoms with Crippen LogP contribution < -0.4 is 15.8 Å². The molecule has 4 aromatic rings. The predicted molar refractivity (Wildman–Crippen MR) is 104 cm³/mol. The summed E-state index contributed by atoms with van der Waals surface area (Å²) in [4.78, 5) is 22.8. The number of aromatic nitrogens is 4. The zero-order valence-corrected chi connectivity index (χ0v) is 15.6. The molecule has 0 atom stereocenters. The van der Waals surface area contributed by atoms with Gasteiger partial charge in [0.25, 0.3) is 0 Å². The molecular formula is C20H18N4O5. The first-order valence-corrected chi connectivity index (χ1v) is 8.94. The van der Waals surface area contributed by atoms with Gasteiger partial charge in [0.15, 0.2) is 5.75 Å². The summed E-state index contributed by atoms with van der Waals surface area (Å²) < 4.78 is 14.3. The summed E-state index contributed by atoms with van der Waals surface area (Å²) in [7, 11) is 0. The average molecular weight is 394 g/mol. The fourth-order valence-corrected chi connectivity index (χ4v) is 2.92. The van der Waals surface area contributed by atoms with E-state index in [4.69, 9.17) is 9.15 Å². The third-order valence-corrected chi connectivity index (χ3v) is 4.55. The van der Waals surface area contributed by atoms with E-state index in [1.54, 1.807) is 46.8 Å². The molecule has 3 heterocycles. The Morgan fingerprint density at radius 1 is 1.14 bits per heavy atom. The highest BCUT2D eigenvalue weighted by molar-refractivity contribution is 5.77. The van der Waals surface area contributed by atoms with Crippen LogP contribution in [0.2, 0.25) is 0 Å². The minimum absolute atomic E-state index is 0.209. The maximum atomic E-state index is 11.4. The van der Waals surface area contributed by atoms with Crippen molar-refractivity contribution < 1.29 is 14.3 Å². The van der Waals surface area contributed by atoms with Gasteiger partial charge in [0, 0.05) is 36.3 Å². The summed E-state index contributed by atoms with van der Waals surface area (Å²) in [6.07, 6.45) is 3.40. The molecule has 0 unspecified atom stereocenters. The first-order chi connectivity index (χ1) is 14.0. The van der Waals surface area contributed by atoms with E-state index in [1.807, 2.05) is 6.07 Å². The molecule has 0 bridgehead atoms. The zero-order chi connectivity index (χ0) is 20.4. The SMILES string of the molecule is Cc1c(O)c(=O)ccn1CCn1cc(COc2ccc3ccc(=O)oc3c2)nn1. The van der Waals surface area contributed by atoms with E-state index in [-0.39, 0.29) is 12.4 Å².